The molecule has 2 aromatic carbocycles. The van der Waals surface area contributed by atoms with E-state index in [1.54, 1.807) is 12.0 Å². The first-order chi connectivity index (χ1) is 15.3. The van der Waals surface area contributed by atoms with Crippen LogP contribution in [-0.4, -0.2) is 42.5 Å². The van der Waals surface area contributed by atoms with E-state index in [4.69, 9.17) is 9.47 Å². The summed E-state index contributed by atoms with van der Waals surface area (Å²) >= 11 is 0. The minimum absolute atomic E-state index is 0.0423. The topological polar surface area (TPSA) is 67.9 Å². The van der Waals surface area contributed by atoms with Gasteiger partial charge in [-0.1, -0.05) is 38.1 Å². The van der Waals surface area contributed by atoms with Gasteiger partial charge in [-0.2, -0.15) is 0 Å². The summed E-state index contributed by atoms with van der Waals surface area (Å²) in [7, 11) is 1.61. The van der Waals surface area contributed by atoms with Crippen LogP contribution in [0.4, 0.5) is 0 Å². The predicted octanol–water partition coefficient (Wildman–Crippen LogP) is 4.41. The molecule has 0 saturated heterocycles. The zero-order valence-electron chi connectivity index (χ0n) is 20.1. The second-order valence-corrected chi connectivity index (χ2v) is 8.17. The number of methoxy groups -OCH3 is 1. The Bertz CT molecular complexity index is 895. The summed E-state index contributed by atoms with van der Waals surface area (Å²) in [4.78, 5) is 27.9. The van der Waals surface area contributed by atoms with Gasteiger partial charge in [-0.3, -0.25) is 9.59 Å². The summed E-state index contributed by atoms with van der Waals surface area (Å²) < 4.78 is 11.1. The molecule has 0 radical (unpaired) electrons. The first kappa shape index (κ1) is 25.2. The monoisotopic (exact) mass is 440 g/mol. The summed E-state index contributed by atoms with van der Waals surface area (Å²) in [6, 6.07) is 12.9. The molecule has 0 saturated carbocycles. The predicted molar refractivity (Wildman–Crippen MR) is 127 cm³/mol. The third-order valence-electron chi connectivity index (χ3n) is 5.59. The van der Waals surface area contributed by atoms with Crippen LogP contribution in [0.25, 0.3) is 0 Å². The van der Waals surface area contributed by atoms with Gasteiger partial charge in [-0.15, -0.1) is 0 Å². The molecule has 1 N–H and O–H groups in total. The number of benzene rings is 2. The molecule has 2 amide bonds. The molecule has 6 nitrogen and oxygen atoms in total. The van der Waals surface area contributed by atoms with Gasteiger partial charge in [0.15, 0.2) is 6.61 Å². The Morgan fingerprint density at radius 1 is 1.03 bits per heavy atom. The number of rotatable bonds is 11. The van der Waals surface area contributed by atoms with Crippen LogP contribution < -0.4 is 14.8 Å². The van der Waals surface area contributed by atoms with Crippen molar-refractivity contribution in [2.45, 2.75) is 66.1 Å². The minimum atomic E-state index is -0.583. The standard InChI is InChI=1S/C26H36N2O4/c1-7-20(5)27-26(30)23(8-2)28(16-21-11-13-22(31-6)14-12-21)25(29)17-32-24-15-18(3)9-10-19(24)4/h9-15,20,23H,7-8,16-17H2,1-6H3,(H,27,30)/t20-,23-/m1/s1. The fourth-order valence-corrected chi connectivity index (χ4v) is 3.37. The lowest BCUT2D eigenvalue weighted by Crippen LogP contribution is -2.51. The van der Waals surface area contributed by atoms with Crippen LogP contribution in [0.3, 0.4) is 0 Å². The molecule has 2 aromatic rings. The second-order valence-electron chi connectivity index (χ2n) is 8.17. The van der Waals surface area contributed by atoms with Crippen LogP contribution in [0.15, 0.2) is 42.5 Å². The van der Waals surface area contributed by atoms with Crippen molar-refractivity contribution in [1.29, 1.82) is 0 Å². The molecular formula is C26H36N2O4. The van der Waals surface area contributed by atoms with Crippen LogP contribution >= 0.6 is 0 Å². The summed E-state index contributed by atoms with van der Waals surface area (Å²) in [6.45, 7) is 10.0. The molecular weight excluding hydrogens is 404 g/mol. The van der Waals surface area contributed by atoms with Gasteiger partial charge >= 0.3 is 0 Å². The maximum atomic E-state index is 13.3. The largest absolute Gasteiger partial charge is 0.497 e. The van der Waals surface area contributed by atoms with E-state index < -0.39 is 6.04 Å². The number of ether oxygens (including phenoxy) is 2. The molecule has 0 bridgehead atoms. The van der Waals surface area contributed by atoms with Crippen molar-refractivity contribution in [1.82, 2.24) is 10.2 Å². The van der Waals surface area contributed by atoms with Gasteiger partial charge in [-0.05, 0) is 68.5 Å². The van der Waals surface area contributed by atoms with Gasteiger partial charge in [0.25, 0.3) is 5.91 Å². The molecule has 0 unspecified atom stereocenters. The first-order valence-corrected chi connectivity index (χ1v) is 11.2. The molecule has 2 atom stereocenters. The maximum Gasteiger partial charge on any atom is 0.261 e. The highest BCUT2D eigenvalue weighted by atomic mass is 16.5. The third kappa shape index (κ3) is 7.01. The Kier molecular flexibility index (Phi) is 9.57. The van der Waals surface area contributed by atoms with Crippen molar-refractivity contribution in [3.63, 3.8) is 0 Å². The number of hydrogen-bond donors (Lipinski definition) is 1. The average Bonchev–Trinajstić information content (AvgIpc) is 2.79. The molecule has 0 aromatic heterocycles. The Balaban J connectivity index is 2.24. The lowest BCUT2D eigenvalue weighted by Gasteiger charge is -2.31. The highest BCUT2D eigenvalue weighted by Crippen LogP contribution is 2.20. The van der Waals surface area contributed by atoms with Crippen molar-refractivity contribution in [2.24, 2.45) is 0 Å². The van der Waals surface area contributed by atoms with E-state index in [2.05, 4.69) is 5.32 Å². The Labute approximate surface area is 191 Å². The minimum Gasteiger partial charge on any atom is -0.497 e. The zero-order chi connectivity index (χ0) is 23.7. The fourth-order valence-electron chi connectivity index (χ4n) is 3.37. The molecule has 2 rings (SSSR count). The normalized spacial score (nSPS) is 12.6. The zero-order valence-corrected chi connectivity index (χ0v) is 20.1. The molecule has 0 aliphatic heterocycles. The van der Waals surface area contributed by atoms with Crippen LogP contribution in [0, 0.1) is 13.8 Å². The van der Waals surface area contributed by atoms with Gasteiger partial charge in [0.2, 0.25) is 5.91 Å². The van der Waals surface area contributed by atoms with Gasteiger partial charge in [0, 0.05) is 12.6 Å². The van der Waals surface area contributed by atoms with Gasteiger partial charge in [-0.25, -0.2) is 0 Å². The van der Waals surface area contributed by atoms with E-state index in [1.165, 1.54) is 0 Å². The van der Waals surface area contributed by atoms with E-state index in [0.717, 1.165) is 28.9 Å². The fraction of sp³-hybridized carbons (Fsp3) is 0.462. The van der Waals surface area contributed by atoms with E-state index in [9.17, 15) is 9.59 Å². The van der Waals surface area contributed by atoms with Crippen LogP contribution in [0.2, 0.25) is 0 Å². The van der Waals surface area contributed by atoms with Gasteiger partial charge in [0.05, 0.1) is 7.11 Å². The number of aryl methyl sites for hydroxylation is 2. The molecule has 0 spiro atoms. The smallest absolute Gasteiger partial charge is 0.261 e. The van der Waals surface area contributed by atoms with E-state index in [0.29, 0.717) is 18.7 Å². The molecule has 0 aliphatic carbocycles. The maximum absolute atomic E-state index is 13.3. The van der Waals surface area contributed by atoms with Gasteiger partial charge in [0.1, 0.15) is 17.5 Å². The molecule has 32 heavy (non-hydrogen) atoms. The quantitative estimate of drug-likeness (QED) is 0.562. The average molecular weight is 441 g/mol. The van der Waals surface area contributed by atoms with Crippen LogP contribution in [-0.2, 0) is 16.1 Å². The van der Waals surface area contributed by atoms with Crippen molar-refractivity contribution < 1.29 is 19.1 Å². The summed E-state index contributed by atoms with van der Waals surface area (Å²) in [5, 5.41) is 3.02. The summed E-state index contributed by atoms with van der Waals surface area (Å²) in [6.07, 6.45) is 1.33. The molecule has 174 valence electrons. The second kappa shape index (κ2) is 12.1. The molecule has 6 heteroatoms. The number of carbonyl (C=O) groups excluding carboxylic acids is 2. The Hall–Kier alpha value is -3.02. The van der Waals surface area contributed by atoms with Crippen molar-refractivity contribution in [3.05, 3.63) is 59.2 Å². The number of hydrogen-bond acceptors (Lipinski definition) is 4. The molecule has 0 fully saturated rings. The van der Waals surface area contributed by atoms with Gasteiger partial charge < -0.3 is 19.7 Å². The lowest BCUT2D eigenvalue weighted by atomic mass is 10.1. The number of carbonyl (C=O) groups is 2. The van der Waals surface area contributed by atoms with Crippen LogP contribution in [0.5, 0.6) is 11.5 Å². The van der Waals surface area contributed by atoms with E-state index >= 15 is 0 Å². The Morgan fingerprint density at radius 3 is 2.31 bits per heavy atom. The Morgan fingerprint density at radius 2 is 1.72 bits per heavy atom. The summed E-state index contributed by atoms with van der Waals surface area (Å²) in [5.74, 6) is 1.05. The summed E-state index contributed by atoms with van der Waals surface area (Å²) in [5.41, 5.74) is 2.94. The van der Waals surface area contributed by atoms with E-state index in [-0.39, 0.29) is 24.5 Å². The highest BCUT2D eigenvalue weighted by Gasteiger charge is 2.29. The molecule has 0 heterocycles. The number of amides is 2. The number of nitrogens with one attached hydrogen (secondary N) is 1. The number of nitrogens with zero attached hydrogens (tertiary/aromatic N) is 1. The highest BCUT2D eigenvalue weighted by molar-refractivity contribution is 5.88. The van der Waals surface area contributed by atoms with Crippen molar-refractivity contribution in [2.75, 3.05) is 13.7 Å². The van der Waals surface area contributed by atoms with Crippen molar-refractivity contribution in [3.8, 4) is 11.5 Å². The first-order valence-electron chi connectivity index (χ1n) is 11.2. The van der Waals surface area contributed by atoms with E-state index in [1.807, 2.05) is 77.1 Å². The SMILES string of the molecule is CC[C@@H](C)NC(=O)[C@@H](CC)N(Cc1ccc(OC)cc1)C(=O)COc1cc(C)ccc1C. The third-order valence-corrected chi connectivity index (χ3v) is 5.59. The van der Waals surface area contributed by atoms with Crippen molar-refractivity contribution >= 4 is 11.8 Å². The lowest BCUT2D eigenvalue weighted by molar-refractivity contribution is -0.143. The van der Waals surface area contributed by atoms with Crippen LogP contribution in [0.1, 0.15) is 50.3 Å². The molecule has 0 aliphatic rings.